The number of alkyl halides is 6. The summed E-state index contributed by atoms with van der Waals surface area (Å²) in [6.45, 7) is 4.90. The zero-order valence-electron chi connectivity index (χ0n) is 17.0. The quantitative estimate of drug-likeness (QED) is 0.618. The molecule has 3 nitrogen and oxygen atoms in total. The highest BCUT2D eigenvalue weighted by atomic mass is 19.4. The number of hydrogen-bond acceptors (Lipinski definition) is 3. The third-order valence-electron chi connectivity index (χ3n) is 5.33. The number of benzene rings is 2. The molecule has 0 amide bonds. The van der Waals surface area contributed by atoms with E-state index in [0.717, 1.165) is 37.3 Å². The van der Waals surface area contributed by atoms with E-state index in [9.17, 15) is 26.3 Å². The van der Waals surface area contributed by atoms with Crippen LogP contribution in [0.1, 0.15) is 33.9 Å². The molecule has 1 unspecified atom stereocenters. The van der Waals surface area contributed by atoms with Gasteiger partial charge in [-0.15, -0.1) is 0 Å². The summed E-state index contributed by atoms with van der Waals surface area (Å²) in [4.78, 5) is 2.21. The highest BCUT2D eigenvalue weighted by Crippen LogP contribution is 2.36. The summed E-state index contributed by atoms with van der Waals surface area (Å²) in [5, 5.41) is 3.26. The van der Waals surface area contributed by atoms with E-state index in [1.54, 1.807) is 0 Å². The van der Waals surface area contributed by atoms with Gasteiger partial charge >= 0.3 is 12.4 Å². The molecule has 1 N–H and O–H groups in total. The van der Waals surface area contributed by atoms with Crippen molar-refractivity contribution in [1.29, 1.82) is 0 Å². The Morgan fingerprint density at radius 2 is 1.52 bits per heavy atom. The monoisotopic (exact) mass is 446 g/mol. The predicted molar refractivity (Wildman–Crippen MR) is 104 cm³/mol. The van der Waals surface area contributed by atoms with Crippen LogP contribution in [0.25, 0.3) is 0 Å². The second-order valence-electron chi connectivity index (χ2n) is 7.59. The maximum atomic E-state index is 13.1. The van der Waals surface area contributed by atoms with Crippen LogP contribution in [0.2, 0.25) is 0 Å². The fourth-order valence-corrected chi connectivity index (χ4v) is 3.74. The van der Waals surface area contributed by atoms with Crippen molar-refractivity contribution in [2.75, 3.05) is 32.8 Å². The van der Waals surface area contributed by atoms with Gasteiger partial charge in [0, 0.05) is 26.2 Å². The molecular formula is C22H24F6N2O. The average molecular weight is 446 g/mol. The summed E-state index contributed by atoms with van der Waals surface area (Å²) in [7, 11) is 0. The maximum Gasteiger partial charge on any atom is 0.416 e. The number of nitrogens with zero attached hydrogens (tertiary/aromatic N) is 1. The van der Waals surface area contributed by atoms with E-state index in [1.807, 2.05) is 31.2 Å². The van der Waals surface area contributed by atoms with E-state index < -0.39 is 23.5 Å². The van der Waals surface area contributed by atoms with Gasteiger partial charge in [0.05, 0.1) is 30.4 Å². The molecule has 0 saturated carbocycles. The SMILES string of the molecule is Cc1ccccc1C(COCc1cc(C(F)(F)F)cc(C(F)(F)F)c1)N1CCNCC1. The molecular weight excluding hydrogens is 422 g/mol. The van der Waals surface area contributed by atoms with Crippen LogP contribution in [-0.4, -0.2) is 37.7 Å². The first-order valence-electron chi connectivity index (χ1n) is 9.92. The molecule has 0 aliphatic carbocycles. The number of halogens is 6. The van der Waals surface area contributed by atoms with Gasteiger partial charge in [-0.2, -0.15) is 26.3 Å². The summed E-state index contributed by atoms with van der Waals surface area (Å²) in [5.41, 5.74) is -0.750. The highest BCUT2D eigenvalue weighted by molar-refractivity contribution is 5.33. The van der Waals surface area contributed by atoms with Crippen LogP contribution in [0.15, 0.2) is 42.5 Å². The van der Waals surface area contributed by atoms with Crippen molar-refractivity contribution in [3.05, 3.63) is 70.3 Å². The molecule has 1 heterocycles. The zero-order valence-corrected chi connectivity index (χ0v) is 17.0. The van der Waals surface area contributed by atoms with Crippen LogP contribution in [0.3, 0.4) is 0 Å². The first-order chi connectivity index (χ1) is 14.6. The molecule has 31 heavy (non-hydrogen) atoms. The Morgan fingerprint density at radius 1 is 0.935 bits per heavy atom. The van der Waals surface area contributed by atoms with Gasteiger partial charge in [0.15, 0.2) is 0 Å². The largest absolute Gasteiger partial charge is 0.416 e. The van der Waals surface area contributed by atoms with Gasteiger partial charge in [-0.1, -0.05) is 24.3 Å². The van der Waals surface area contributed by atoms with Crippen molar-refractivity contribution in [1.82, 2.24) is 10.2 Å². The number of ether oxygens (including phenoxy) is 1. The molecule has 1 atom stereocenters. The molecule has 0 radical (unpaired) electrons. The lowest BCUT2D eigenvalue weighted by atomic mass is 10.00. The van der Waals surface area contributed by atoms with Gasteiger partial charge in [0.1, 0.15) is 0 Å². The second-order valence-corrected chi connectivity index (χ2v) is 7.59. The van der Waals surface area contributed by atoms with Gasteiger partial charge in [0.25, 0.3) is 0 Å². The van der Waals surface area contributed by atoms with Gasteiger partial charge < -0.3 is 10.1 Å². The van der Waals surface area contributed by atoms with Crippen molar-refractivity contribution in [2.45, 2.75) is 31.9 Å². The van der Waals surface area contributed by atoms with Gasteiger partial charge in [-0.25, -0.2) is 0 Å². The lowest BCUT2D eigenvalue weighted by Gasteiger charge is -2.35. The maximum absolute atomic E-state index is 13.1. The number of nitrogens with one attached hydrogen (secondary N) is 1. The van der Waals surface area contributed by atoms with Crippen LogP contribution < -0.4 is 5.32 Å². The number of aryl methyl sites for hydroxylation is 1. The van der Waals surface area contributed by atoms with Crippen molar-refractivity contribution in [2.24, 2.45) is 0 Å². The third-order valence-corrected chi connectivity index (χ3v) is 5.33. The smallest absolute Gasteiger partial charge is 0.375 e. The lowest BCUT2D eigenvalue weighted by molar-refractivity contribution is -0.143. The summed E-state index contributed by atoms with van der Waals surface area (Å²) < 4.78 is 84.1. The average Bonchev–Trinajstić information content (AvgIpc) is 2.71. The van der Waals surface area contributed by atoms with Crippen molar-refractivity contribution in [3.63, 3.8) is 0 Å². The van der Waals surface area contributed by atoms with Crippen molar-refractivity contribution in [3.8, 4) is 0 Å². The van der Waals surface area contributed by atoms with Crippen LogP contribution in [0.5, 0.6) is 0 Å². The molecule has 0 bridgehead atoms. The minimum atomic E-state index is -4.87. The molecule has 1 aliphatic rings. The van der Waals surface area contributed by atoms with Crippen molar-refractivity contribution >= 4 is 0 Å². The number of rotatable bonds is 6. The molecule has 9 heteroatoms. The Hall–Kier alpha value is -2.10. The lowest BCUT2D eigenvalue weighted by Crippen LogP contribution is -2.46. The zero-order chi connectivity index (χ0) is 22.6. The minimum absolute atomic E-state index is 0.125. The molecule has 1 aliphatic heterocycles. The molecule has 0 spiro atoms. The highest BCUT2D eigenvalue weighted by Gasteiger charge is 2.37. The van der Waals surface area contributed by atoms with Gasteiger partial charge in [-0.05, 0) is 41.8 Å². The molecule has 1 fully saturated rings. The first-order valence-corrected chi connectivity index (χ1v) is 9.92. The topological polar surface area (TPSA) is 24.5 Å². The Balaban J connectivity index is 1.79. The molecule has 0 aromatic heterocycles. The predicted octanol–water partition coefficient (Wildman–Crippen LogP) is 5.20. The summed E-state index contributed by atoms with van der Waals surface area (Å²) in [5.74, 6) is 0. The molecule has 170 valence electrons. The second kappa shape index (κ2) is 9.58. The Bertz CT molecular complexity index is 843. The van der Waals surface area contributed by atoms with E-state index >= 15 is 0 Å². The van der Waals surface area contributed by atoms with E-state index in [-0.39, 0.29) is 30.9 Å². The fourth-order valence-electron chi connectivity index (χ4n) is 3.74. The molecule has 3 rings (SSSR count). The third kappa shape index (κ3) is 6.21. The Morgan fingerprint density at radius 3 is 2.06 bits per heavy atom. The van der Waals surface area contributed by atoms with Crippen LogP contribution in [0, 0.1) is 6.92 Å². The minimum Gasteiger partial charge on any atom is -0.375 e. The van der Waals surface area contributed by atoms with E-state index in [2.05, 4.69) is 10.2 Å². The van der Waals surface area contributed by atoms with Crippen LogP contribution in [-0.2, 0) is 23.7 Å². The van der Waals surface area contributed by atoms with E-state index in [4.69, 9.17) is 4.74 Å². The summed E-state index contributed by atoms with van der Waals surface area (Å²) in [6, 6.07) is 9.16. The standard InChI is InChI=1S/C22H24F6N2O/c1-15-4-2-3-5-19(15)20(30-8-6-29-7-9-30)14-31-13-16-10-17(21(23,24)25)12-18(11-16)22(26,27)28/h2-5,10-12,20,29H,6-9,13-14H2,1H3. The molecule has 1 saturated heterocycles. The first kappa shape index (κ1) is 23.6. The van der Waals surface area contributed by atoms with Gasteiger partial charge in [-0.3, -0.25) is 4.90 Å². The molecule has 2 aromatic rings. The Labute approximate surface area is 177 Å². The Kier molecular flexibility index (Phi) is 7.28. The normalized spacial score (nSPS) is 17.0. The fraction of sp³-hybridized carbons (Fsp3) is 0.455. The van der Waals surface area contributed by atoms with Gasteiger partial charge in [0.2, 0.25) is 0 Å². The number of piperazine rings is 1. The molecule has 2 aromatic carbocycles. The van der Waals surface area contributed by atoms with Crippen LogP contribution in [0.4, 0.5) is 26.3 Å². The van der Waals surface area contributed by atoms with Crippen LogP contribution >= 0.6 is 0 Å². The number of hydrogen-bond donors (Lipinski definition) is 1. The van der Waals surface area contributed by atoms with E-state index in [0.29, 0.717) is 12.1 Å². The summed E-state index contributed by atoms with van der Waals surface area (Å²) >= 11 is 0. The van der Waals surface area contributed by atoms with E-state index in [1.165, 1.54) is 0 Å². The summed E-state index contributed by atoms with van der Waals surface area (Å²) in [6.07, 6.45) is -9.75. The van der Waals surface area contributed by atoms with Crippen molar-refractivity contribution < 1.29 is 31.1 Å².